The van der Waals surface area contributed by atoms with Crippen LogP contribution in [0, 0.1) is 0 Å². The van der Waals surface area contributed by atoms with Crippen LogP contribution in [0.25, 0.3) is 0 Å². The summed E-state index contributed by atoms with van der Waals surface area (Å²) in [4.78, 5) is 12.4. The van der Waals surface area contributed by atoms with Crippen molar-refractivity contribution in [2.75, 3.05) is 6.54 Å². The van der Waals surface area contributed by atoms with Crippen molar-refractivity contribution < 1.29 is 13.2 Å². The van der Waals surface area contributed by atoms with E-state index in [4.69, 9.17) is 5.73 Å². The number of carbonyl (C=O) groups excluding carboxylic acids is 1. The van der Waals surface area contributed by atoms with Crippen LogP contribution in [0.5, 0.6) is 0 Å². The molecule has 2 aromatic carbocycles. The maximum atomic E-state index is 12.2. The first kappa shape index (κ1) is 21.2. The fraction of sp³-hybridized carbons (Fsp3) is 0.278. The largest absolute Gasteiger partial charge is 0.350 e. The first-order valence-electron chi connectivity index (χ1n) is 7.75. The molecule has 25 heavy (non-hydrogen) atoms. The number of hydrogen-bond donors (Lipinski definition) is 2. The van der Waals surface area contributed by atoms with Gasteiger partial charge in [-0.15, -0.1) is 12.4 Å². The Bertz CT molecular complexity index is 791. The van der Waals surface area contributed by atoms with Crippen molar-refractivity contribution in [1.82, 2.24) is 5.32 Å². The van der Waals surface area contributed by atoms with E-state index in [0.29, 0.717) is 12.1 Å². The van der Waals surface area contributed by atoms with E-state index in [0.717, 1.165) is 5.56 Å². The lowest BCUT2D eigenvalue weighted by Gasteiger charge is -2.13. The molecule has 0 aromatic heterocycles. The topological polar surface area (TPSA) is 89.3 Å². The Morgan fingerprint density at radius 3 is 2.12 bits per heavy atom. The Labute approximate surface area is 155 Å². The summed E-state index contributed by atoms with van der Waals surface area (Å²) < 4.78 is 24.1. The van der Waals surface area contributed by atoms with Crippen molar-refractivity contribution in [1.29, 1.82) is 0 Å². The lowest BCUT2D eigenvalue weighted by atomic mass is 10.1. The molecule has 5 nitrogen and oxygen atoms in total. The number of amides is 1. The molecule has 0 saturated carbocycles. The van der Waals surface area contributed by atoms with Crippen LogP contribution in [-0.2, 0) is 9.84 Å². The quantitative estimate of drug-likeness (QED) is 0.803. The summed E-state index contributed by atoms with van der Waals surface area (Å²) >= 11 is 0. The van der Waals surface area contributed by atoms with Crippen LogP contribution in [0.2, 0.25) is 0 Å². The number of carbonyl (C=O) groups is 1. The minimum atomic E-state index is -3.33. The average Bonchev–Trinajstić information content (AvgIpc) is 2.60. The monoisotopic (exact) mass is 382 g/mol. The first-order valence-corrected chi connectivity index (χ1v) is 9.29. The number of halogens is 1. The molecule has 0 fully saturated rings. The summed E-state index contributed by atoms with van der Waals surface area (Å²) in [6.07, 6.45) is 0. The van der Waals surface area contributed by atoms with E-state index < -0.39 is 15.1 Å². The normalized spacial score (nSPS) is 12.3. The van der Waals surface area contributed by atoms with Crippen molar-refractivity contribution >= 4 is 28.2 Å². The van der Waals surface area contributed by atoms with Gasteiger partial charge >= 0.3 is 0 Å². The van der Waals surface area contributed by atoms with E-state index in [1.165, 1.54) is 24.3 Å². The van der Waals surface area contributed by atoms with E-state index in [-0.39, 0.29) is 29.3 Å². The Morgan fingerprint density at radius 2 is 1.60 bits per heavy atom. The molecule has 2 rings (SSSR count). The Hall–Kier alpha value is -1.89. The van der Waals surface area contributed by atoms with Gasteiger partial charge in [0.25, 0.3) is 5.91 Å². The van der Waals surface area contributed by atoms with Gasteiger partial charge in [-0.05, 0) is 43.7 Å². The minimum absolute atomic E-state index is 0. The molecule has 7 heteroatoms. The highest BCUT2D eigenvalue weighted by atomic mass is 35.5. The molecule has 1 unspecified atom stereocenters. The van der Waals surface area contributed by atoms with Gasteiger partial charge in [-0.25, -0.2) is 8.42 Å². The van der Waals surface area contributed by atoms with Gasteiger partial charge in [-0.1, -0.05) is 30.3 Å². The van der Waals surface area contributed by atoms with E-state index >= 15 is 0 Å². The minimum Gasteiger partial charge on any atom is -0.350 e. The molecule has 0 spiro atoms. The number of nitrogens with one attached hydrogen (secondary N) is 1. The van der Waals surface area contributed by atoms with Gasteiger partial charge in [-0.3, -0.25) is 4.79 Å². The number of rotatable bonds is 6. The van der Waals surface area contributed by atoms with E-state index in [9.17, 15) is 13.2 Å². The average molecular weight is 383 g/mol. The number of hydrogen-bond acceptors (Lipinski definition) is 4. The van der Waals surface area contributed by atoms with Crippen LogP contribution < -0.4 is 11.1 Å². The van der Waals surface area contributed by atoms with Crippen molar-refractivity contribution in [3.05, 3.63) is 65.7 Å². The Balaban J connectivity index is 0.00000312. The summed E-state index contributed by atoms with van der Waals surface area (Å²) in [5, 5.41) is 2.27. The zero-order chi connectivity index (χ0) is 17.7. The molecule has 0 saturated heterocycles. The summed E-state index contributed by atoms with van der Waals surface area (Å²) in [6.45, 7) is 3.55. The molecule has 0 bridgehead atoms. The molecular weight excluding hydrogens is 360 g/mol. The van der Waals surface area contributed by atoms with Crippen LogP contribution in [0.1, 0.15) is 35.8 Å². The highest BCUT2D eigenvalue weighted by molar-refractivity contribution is 7.92. The predicted molar refractivity (Wildman–Crippen MR) is 102 cm³/mol. The van der Waals surface area contributed by atoms with Crippen LogP contribution >= 0.6 is 12.4 Å². The standard InChI is InChI=1S/C18H22N2O3S.ClH/c1-13(2)24(22,23)16-10-8-15(9-11-16)18(21)20-12-17(19)14-6-4-3-5-7-14;/h3-11,13,17H,12,19H2,1-2H3,(H,20,21);1H. The van der Waals surface area contributed by atoms with E-state index in [1.807, 2.05) is 30.3 Å². The fourth-order valence-electron chi connectivity index (χ4n) is 2.19. The van der Waals surface area contributed by atoms with E-state index in [1.54, 1.807) is 13.8 Å². The van der Waals surface area contributed by atoms with Gasteiger partial charge in [0.05, 0.1) is 10.1 Å². The summed E-state index contributed by atoms with van der Waals surface area (Å²) in [7, 11) is -3.33. The highest BCUT2D eigenvalue weighted by Crippen LogP contribution is 2.16. The SMILES string of the molecule is CC(C)S(=O)(=O)c1ccc(C(=O)NCC(N)c2ccccc2)cc1.Cl. The molecule has 2 aromatic rings. The molecular formula is C18H23ClN2O3S. The molecule has 1 amide bonds. The number of benzene rings is 2. The molecule has 136 valence electrons. The summed E-state index contributed by atoms with van der Waals surface area (Å²) in [5.41, 5.74) is 7.38. The maximum absolute atomic E-state index is 12.2. The third-order valence-electron chi connectivity index (χ3n) is 3.78. The Morgan fingerprint density at radius 1 is 1.04 bits per heavy atom. The Kier molecular flexibility index (Phi) is 7.60. The van der Waals surface area contributed by atoms with Gasteiger partial charge in [0.15, 0.2) is 9.84 Å². The first-order chi connectivity index (χ1) is 11.3. The van der Waals surface area contributed by atoms with Gasteiger partial charge < -0.3 is 11.1 Å². The molecule has 3 N–H and O–H groups in total. The zero-order valence-electron chi connectivity index (χ0n) is 14.2. The second kappa shape index (κ2) is 8.99. The number of sulfone groups is 1. The molecule has 0 heterocycles. The molecule has 0 aliphatic carbocycles. The molecule has 0 aliphatic heterocycles. The lowest BCUT2D eigenvalue weighted by Crippen LogP contribution is -2.31. The lowest BCUT2D eigenvalue weighted by molar-refractivity contribution is 0.0951. The molecule has 1 atom stereocenters. The summed E-state index contributed by atoms with van der Waals surface area (Å²) in [6, 6.07) is 15.2. The third kappa shape index (κ3) is 5.29. The van der Waals surface area contributed by atoms with Gasteiger partial charge in [0, 0.05) is 18.2 Å². The van der Waals surface area contributed by atoms with Crippen molar-refractivity contribution in [3.63, 3.8) is 0 Å². The van der Waals surface area contributed by atoms with Crippen LogP contribution in [-0.4, -0.2) is 26.1 Å². The van der Waals surface area contributed by atoms with E-state index in [2.05, 4.69) is 5.32 Å². The van der Waals surface area contributed by atoms with Gasteiger partial charge in [0.1, 0.15) is 0 Å². The van der Waals surface area contributed by atoms with Crippen LogP contribution in [0.3, 0.4) is 0 Å². The molecule has 0 radical (unpaired) electrons. The van der Waals surface area contributed by atoms with Crippen molar-refractivity contribution in [2.24, 2.45) is 5.73 Å². The number of nitrogens with two attached hydrogens (primary N) is 1. The van der Waals surface area contributed by atoms with Crippen molar-refractivity contribution in [2.45, 2.75) is 30.0 Å². The second-order valence-corrected chi connectivity index (χ2v) is 8.35. The fourth-order valence-corrected chi connectivity index (χ4v) is 3.25. The highest BCUT2D eigenvalue weighted by Gasteiger charge is 2.19. The van der Waals surface area contributed by atoms with Crippen LogP contribution in [0.4, 0.5) is 0 Å². The third-order valence-corrected chi connectivity index (χ3v) is 5.95. The van der Waals surface area contributed by atoms with Gasteiger partial charge in [-0.2, -0.15) is 0 Å². The smallest absolute Gasteiger partial charge is 0.251 e. The van der Waals surface area contributed by atoms with Crippen molar-refractivity contribution in [3.8, 4) is 0 Å². The second-order valence-electron chi connectivity index (χ2n) is 5.85. The van der Waals surface area contributed by atoms with Gasteiger partial charge in [0.2, 0.25) is 0 Å². The maximum Gasteiger partial charge on any atom is 0.251 e. The predicted octanol–water partition coefficient (Wildman–Crippen LogP) is 2.72. The molecule has 0 aliphatic rings. The summed E-state index contributed by atoms with van der Waals surface area (Å²) in [5.74, 6) is -0.283. The van der Waals surface area contributed by atoms with Crippen LogP contribution in [0.15, 0.2) is 59.5 Å². The zero-order valence-corrected chi connectivity index (χ0v) is 15.8.